The van der Waals surface area contributed by atoms with Gasteiger partial charge in [-0.05, 0) is 68.3 Å². The van der Waals surface area contributed by atoms with E-state index in [0.717, 1.165) is 17.5 Å². The van der Waals surface area contributed by atoms with Crippen LogP contribution in [0.2, 0.25) is 0 Å². The Labute approximate surface area is 241 Å². The molecule has 1 aliphatic rings. The normalized spacial score (nSPS) is 17.5. The Balaban J connectivity index is 1.57. The van der Waals surface area contributed by atoms with E-state index in [4.69, 9.17) is 9.47 Å². The average molecular weight is 574 g/mol. The fourth-order valence-electron chi connectivity index (χ4n) is 5.66. The summed E-state index contributed by atoms with van der Waals surface area (Å²) < 4.78 is 38.4. The number of H-pyrrole nitrogens is 1. The maximum absolute atomic E-state index is 14.3. The van der Waals surface area contributed by atoms with Crippen LogP contribution in [-0.4, -0.2) is 42.7 Å². The molecule has 2 aromatic carbocycles. The first kappa shape index (κ1) is 28.4. The molecule has 8 nitrogen and oxygen atoms in total. The van der Waals surface area contributed by atoms with Crippen LogP contribution in [-0.2, 0) is 32.4 Å². The van der Waals surface area contributed by atoms with E-state index in [0.29, 0.717) is 35.8 Å². The van der Waals surface area contributed by atoms with Gasteiger partial charge in [0.05, 0.1) is 0 Å². The molecule has 0 spiro atoms. The lowest BCUT2D eigenvalue weighted by atomic mass is 9.74. The SMILES string of the molecule is CC1(C)CC(C(C(=O)NCCc2ccccn2)(c2ccc[nH]2)S(C)(=O)=O)c2cc(OCc3ccccc3)ccc2O1. The molecule has 0 aliphatic carbocycles. The summed E-state index contributed by atoms with van der Waals surface area (Å²) in [6.45, 7) is 4.39. The Morgan fingerprint density at radius 1 is 1.10 bits per heavy atom. The molecule has 0 fully saturated rings. The standard InChI is InChI=1S/C32H35N3O5S/c1-31(2)21-27(26-20-25(14-15-28(26)40-31)39-22-23-10-5-4-6-11-23)32(41(3,37)38,29-13-9-18-34-29)30(36)35-19-16-24-12-7-8-17-33-24/h4-15,17-18,20,27,34H,16,19,21-22H2,1-3H3,(H,35,36). The molecular formula is C32H35N3O5S. The molecule has 41 heavy (non-hydrogen) atoms. The highest BCUT2D eigenvalue weighted by atomic mass is 32.2. The Bertz CT molecular complexity index is 1590. The van der Waals surface area contributed by atoms with Crippen molar-refractivity contribution in [3.8, 4) is 11.5 Å². The second-order valence-electron chi connectivity index (χ2n) is 11.0. The maximum atomic E-state index is 14.3. The molecule has 2 N–H and O–H groups in total. The first-order chi connectivity index (χ1) is 19.6. The van der Waals surface area contributed by atoms with Crippen LogP contribution in [0, 0.1) is 0 Å². The van der Waals surface area contributed by atoms with Crippen molar-refractivity contribution in [2.24, 2.45) is 0 Å². The van der Waals surface area contributed by atoms with Crippen molar-refractivity contribution in [2.45, 2.75) is 49.6 Å². The molecule has 2 atom stereocenters. The van der Waals surface area contributed by atoms with Crippen LogP contribution in [0.1, 0.15) is 48.7 Å². The second kappa shape index (κ2) is 11.4. The van der Waals surface area contributed by atoms with E-state index in [1.54, 1.807) is 30.6 Å². The van der Waals surface area contributed by atoms with Crippen LogP contribution in [0.15, 0.2) is 91.3 Å². The number of rotatable bonds is 10. The summed E-state index contributed by atoms with van der Waals surface area (Å²) in [5, 5.41) is 2.93. The fraction of sp³-hybridized carbons (Fsp3) is 0.312. The van der Waals surface area contributed by atoms with Crippen molar-refractivity contribution in [2.75, 3.05) is 12.8 Å². The van der Waals surface area contributed by atoms with Gasteiger partial charge in [0.25, 0.3) is 0 Å². The van der Waals surface area contributed by atoms with Crippen LogP contribution in [0.5, 0.6) is 11.5 Å². The molecule has 0 radical (unpaired) electrons. The predicted molar refractivity (Wildman–Crippen MR) is 158 cm³/mol. The molecule has 2 unspecified atom stereocenters. The third-order valence-corrected chi connectivity index (χ3v) is 9.35. The highest BCUT2D eigenvalue weighted by molar-refractivity contribution is 7.92. The number of hydrogen-bond acceptors (Lipinski definition) is 6. The molecule has 214 valence electrons. The van der Waals surface area contributed by atoms with Gasteiger partial charge < -0.3 is 19.8 Å². The highest BCUT2D eigenvalue weighted by Gasteiger charge is 2.59. The average Bonchev–Trinajstić information content (AvgIpc) is 3.47. The maximum Gasteiger partial charge on any atom is 0.248 e. The summed E-state index contributed by atoms with van der Waals surface area (Å²) in [6, 6.07) is 24.1. The van der Waals surface area contributed by atoms with Gasteiger partial charge >= 0.3 is 0 Å². The van der Waals surface area contributed by atoms with Crippen molar-refractivity contribution in [3.05, 3.63) is 114 Å². The van der Waals surface area contributed by atoms with Gasteiger partial charge in [0.15, 0.2) is 14.6 Å². The minimum absolute atomic E-state index is 0.230. The van der Waals surface area contributed by atoms with Gasteiger partial charge in [-0.25, -0.2) is 8.42 Å². The Kier molecular flexibility index (Phi) is 7.91. The molecule has 0 saturated carbocycles. The Morgan fingerprint density at radius 3 is 2.56 bits per heavy atom. The molecule has 4 aromatic rings. The van der Waals surface area contributed by atoms with Crippen molar-refractivity contribution in [1.82, 2.24) is 15.3 Å². The topological polar surface area (TPSA) is 110 Å². The first-order valence-corrected chi connectivity index (χ1v) is 15.5. The van der Waals surface area contributed by atoms with E-state index in [2.05, 4.69) is 15.3 Å². The van der Waals surface area contributed by atoms with Gasteiger partial charge in [-0.3, -0.25) is 9.78 Å². The summed E-state index contributed by atoms with van der Waals surface area (Å²) in [5.41, 5.74) is 1.98. The molecule has 0 bridgehead atoms. The van der Waals surface area contributed by atoms with Crippen LogP contribution in [0.25, 0.3) is 0 Å². The van der Waals surface area contributed by atoms with Crippen LogP contribution >= 0.6 is 0 Å². The third-order valence-electron chi connectivity index (χ3n) is 7.49. The summed E-state index contributed by atoms with van der Waals surface area (Å²) in [6.07, 6.45) is 5.20. The van der Waals surface area contributed by atoms with Crippen LogP contribution < -0.4 is 14.8 Å². The number of hydrogen-bond donors (Lipinski definition) is 2. The van der Waals surface area contributed by atoms with Gasteiger partial charge in [-0.15, -0.1) is 0 Å². The van der Waals surface area contributed by atoms with Crippen LogP contribution in [0.4, 0.5) is 0 Å². The number of aromatic nitrogens is 2. The summed E-state index contributed by atoms with van der Waals surface area (Å²) >= 11 is 0. The van der Waals surface area contributed by atoms with Crippen molar-refractivity contribution >= 4 is 15.7 Å². The monoisotopic (exact) mass is 573 g/mol. The van der Waals surface area contributed by atoms with Crippen molar-refractivity contribution in [3.63, 3.8) is 0 Å². The van der Waals surface area contributed by atoms with Gasteiger partial charge in [0.2, 0.25) is 5.91 Å². The fourth-order valence-corrected chi connectivity index (χ4v) is 7.33. The quantitative estimate of drug-likeness (QED) is 0.278. The van der Waals surface area contributed by atoms with E-state index in [9.17, 15) is 13.2 Å². The Morgan fingerprint density at radius 2 is 1.88 bits per heavy atom. The summed E-state index contributed by atoms with van der Waals surface area (Å²) in [4.78, 5) is 21.7. The van der Waals surface area contributed by atoms with Gasteiger partial charge in [-0.1, -0.05) is 36.4 Å². The summed E-state index contributed by atoms with van der Waals surface area (Å²) in [7, 11) is -4.06. The molecule has 1 aliphatic heterocycles. The number of carbonyl (C=O) groups excluding carboxylic acids is 1. The largest absolute Gasteiger partial charge is 0.489 e. The lowest BCUT2D eigenvalue weighted by molar-refractivity contribution is -0.125. The Hall–Kier alpha value is -4.11. The number of aromatic amines is 1. The zero-order valence-electron chi connectivity index (χ0n) is 23.5. The minimum Gasteiger partial charge on any atom is -0.489 e. The third kappa shape index (κ3) is 5.86. The molecule has 3 heterocycles. The number of amides is 1. The van der Waals surface area contributed by atoms with Crippen LogP contribution in [0.3, 0.4) is 0 Å². The molecule has 5 rings (SSSR count). The number of sulfone groups is 1. The van der Waals surface area contributed by atoms with E-state index in [-0.39, 0.29) is 13.0 Å². The first-order valence-electron chi connectivity index (χ1n) is 13.6. The van der Waals surface area contributed by atoms with Gasteiger partial charge in [0.1, 0.15) is 23.7 Å². The van der Waals surface area contributed by atoms with E-state index in [1.165, 1.54) is 0 Å². The van der Waals surface area contributed by atoms with E-state index < -0.39 is 32.0 Å². The molecular weight excluding hydrogens is 538 g/mol. The number of benzene rings is 2. The molecule has 1 amide bonds. The molecule has 9 heteroatoms. The number of carbonyl (C=O) groups is 1. The van der Waals surface area contributed by atoms with Crippen molar-refractivity contribution < 1.29 is 22.7 Å². The number of nitrogens with zero attached hydrogens (tertiary/aromatic N) is 1. The van der Waals surface area contributed by atoms with Gasteiger partial charge in [0, 0.05) is 54.5 Å². The van der Waals surface area contributed by atoms with Crippen molar-refractivity contribution in [1.29, 1.82) is 0 Å². The zero-order chi connectivity index (χ0) is 29.1. The van der Waals surface area contributed by atoms with Gasteiger partial charge in [-0.2, -0.15) is 0 Å². The number of fused-ring (bicyclic) bond motifs is 1. The predicted octanol–water partition coefficient (Wildman–Crippen LogP) is 4.93. The lowest BCUT2D eigenvalue weighted by Crippen LogP contribution is -2.56. The summed E-state index contributed by atoms with van der Waals surface area (Å²) in [5.74, 6) is -0.280. The number of pyridine rings is 1. The minimum atomic E-state index is -4.06. The molecule has 2 aromatic heterocycles. The zero-order valence-corrected chi connectivity index (χ0v) is 24.3. The van der Waals surface area contributed by atoms with E-state index >= 15 is 0 Å². The second-order valence-corrected chi connectivity index (χ2v) is 13.2. The molecule has 0 saturated heterocycles. The number of ether oxygens (including phenoxy) is 2. The highest BCUT2D eigenvalue weighted by Crippen LogP contribution is 2.53. The smallest absolute Gasteiger partial charge is 0.248 e. The number of nitrogens with one attached hydrogen (secondary N) is 2. The lowest BCUT2D eigenvalue weighted by Gasteiger charge is -2.45. The van der Waals surface area contributed by atoms with E-state index in [1.807, 2.05) is 74.5 Å².